The maximum atomic E-state index is 12.5. The highest BCUT2D eigenvalue weighted by Crippen LogP contribution is 2.33. The zero-order valence-electron chi connectivity index (χ0n) is 16.6. The van der Waals surface area contributed by atoms with E-state index in [2.05, 4.69) is 9.71 Å². The van der Waals surface area contributed by atoms with Crippen molar-refractivity contribution in [2.24, 2.45) is 0 Å². The summed E-state index contributed by atoms with van der Waals surface area (Å²) in [6, 6.07) is 15.7. The average molecular weight is 411 g/mol. The van der Waals surface area contributed by atoms with Gasteiger partial charge in [0.15, 0.2) is 0 Å². The van der Waals surface area contributed by atoms with Gasteiger partial charge >= 0.3 is 0 Å². The molecule has 2 heterocycles. The molecule has 0 saturated heterocycles. The van der Waals surface area contributed by atoms with Gasteiger partial charge in [0.2, 0.25) is 10.0 Å². The molecule has 0 radical (unpaired) electrons. The molecule has 0 aliphatic heterocycles. The third-order valence-electron chi connectivity index (χ3n) is 5.30. The number of benzene rings is 1. The van der Waals surface area contributed by atoms with Gasteiger partial charge in [-0.2, -0.15) is 5.10 Å². The van der Waals surface area contributed by atoms with Crippen molar-refractivity contribution in [3.63, 3.8) is 0 Å². The fourth-order valence-electron chi connectivity index (χ4n) is 3.92. The molecule has 0 amide bonds. The van der Waals surface area contributed by atoms with Crippen LogP contribution >= 0.6 is 0 Å². The highest BCUT2D eigenvalue weighted by molar-refractivity contribution is 7.88. The number of nitrogens with zero attached hydrogens (tertiary/aromatic N) is 3. The lowest BCUT2D eigenvalue weighted by atomic mass is 10.2. The number of hydrogen-bond acceptors (Lipinski definition) is 4. The Morgan fingerprint density at radius 3 is 2.66 bits per heavy atom. The van der Waals surface area contributed by atoms with E-state index in [1.807, 2.05) is 60.1 Å². The number of hydrogen-bond donors (Lipinski definition) is 1. The predicted molar refractivity (Wildman–Crippen MR) is 114 cm³/mol. The highest BCUT2D eigenvalue weighted by atomic mass is 32.2. The zero-order chi connectivity index (χ0) is 20.3. The topological polar surface area (TPSA) is 76.9 Å². The van der Waals surface area contributed by atoms with Crippen LogP contribution in [-0.4, -0.2) is 23.2 Å². The third-order valence-corrected chi connectivity index (χ3v) is 6.59. The molecular formula is C22H26N4O2S. The molecule has 1 fully saturated rings. The summed E-state index contributed by atoms with van der Waals surface area (Å²) in [5.74, 6) is -0.0366. The van der Waals surface area contributed by atoms with Crippen molar-refractivity contribution < 1.29 is 8.42 Å². The predicted octanol–water partition coefficient (Wildman–Crippen LogP) is 3.99. The summed E-state index contributed by atoms with van der Waals surface area (Å²) >= 11 is 0. The van der Waals surface area contributed by atoms with Gasteiger partial charge in [-0.3, -0.25) is 9.67 Å². The molecule has 0 atom stereocenters. The molecular weight excluding hydrogens is 384 g/mol. The lowest BCUT2D eigenvalue weighted by Crippen LogP contribution is -2.25. The van der Waals surface area contributed by atoms with Gasteiger partial charge in [-0.1, -0.05) is 48.7 Å². The monoisotopic (exact) mass is 410 g/mol. The Bertz CT molecular complexity index is 1070. The molecule has 1 aliphatic rings. The Kier molecular flexibility index (Phi) is 5.78. The molecule has 7 heteroatoms. The maximum absolute atomic E-state index is 12.5. The molecule has 4 rings (SSSR count). The molecule has 1 aliphatic carbocycles. The van der Waals surface area contributed by atoms with Crippen LogP contribution in [0.5, 0.6) is 0 Å². The van der Waals surface area contributed by atoms with Crippen LogP contribution in [0.4, 0.5) is 0 Å². The van der Waals surface area contributed by atoms with Gasteiger partial charge in [0.05, 0.1) is 35.4 Å². The largest absolute Gasteiger partial charge is 0.260 e. The van der Waals surface area contributed by atoms with E-state index in [4.69, 9.17) is 5.10 Å². The van der Waals surface area contributed by atoms with Gasteiger partial charge in [0.1, 0.15) is 0 Å². The highest BCUT2D eigenvalue weighted by Gasteiger charge is 2.23. The first-order chi connectivity index (χ1) is 14.0. The van der Waals surface area contributed by atoms with Crippen LogP contribution in [0, 0.1) is 6.92 Å². The molecule has 1 saturated carbocycles. The summed E-state index contributed by atoms with van der Waals surface area (Å²) in [7, 11) is -3.45. The maximum Gasteiger partial charge on any atom is 0.216 e. The van der Waals surface area contributed by atoms with E-state index in [1.165, 1.54) is 12.8 Å². The Labute approximate surface area is 172 Å². The van der Waals surface area contributed by atoms with Crippen molar-refractivity contribution >= 4 is 10.0 Å². The van der Waals surface area contributed by atoms with Gasteiger partial charge < -0.3 is 0 Å². The quantitative estimate of drug-likeness (QED) is 0.639. The second-order valence-electron chi connectivity index (χ2n) is 7.69. The number of rotatable bonds is 7. The molecule has 3 aromatic rings. The molecule has 0 spiro atoms. The first-order valence-electron chi connectivity index (χ1n) is 10.0. The van der Waals surface area contributed by atoms with Gasteiger partial charge in [-0.15, -0.1) is 0 Å². The second-order valence-corrected chi connectivity index (χ2v) is 9.49. The first kappa shape index (κ1) is 19.8. The smallest absolute Gasteiger partial charge is 0.216 e. The van der Waals surface area contributed by atoms with Gasteiger partial charge in [-0.05, 0) is 43.5 Å². The van der Waals surface area contributed by atoms with Gasteiger partial charge in [-0.25, -0.2) is 13.1 Å². The molecule has 29 heavy (non-hydrogen) atoms. The zero-order valence-corrected chi connectivity index (χ0v) is 17.4. The van der Waals surface area contributed by atoms with Crippen LogP contribution in [0.2, 0.25) is 0 Å². The number of sulfonamides is 1. The van der Waals surface area contributed by atoms with Crippen molar-refractivity contribution in [1.29, 1.82) is 0 Å². The molecule has 6 nitrogen and oxygen atoms in total. The van der Waals surface area contributed by atoms with Crippen molar-refractivity contribution in [2.45, 2.75) is 50.9 Å². The molecule has 0 unspecified atom stereocenters. The van der Waals surface area contributed by atoms with Crippen LogP contribution in [0.15, 0.2) is 54.7 Å². The average Bonchev–Trinajstić information content (AvgIpc) is 3.37. The van der Waals surface area contributed by atoms with Crippen molar-refractivity contribution in [1.82, 2.24) is 19.5 Å². The number of pyridine rings is 1. The summed E-state index contributed by atoms with van der Waals surface area (Å²) < 4.78 is 29.8. The number of aryl methyl sites for hydroxylation is 1. The van der Waals surface area contributed by atoms with E-state index in [0.717, 1.165) is 35.4 Å². The molecule has 152 valence electrons. The standard InChI is InChI=1S/C22H26N4O2S/c1-17-7-6-8-18(13-17)16-29(27,28)24-15-19-14-22(21-11-4-5-12-23-21)26(25-19)20-9-2-3-10-20/h4-8,11-14,20,24H,2-3,9-10,15-16H2,1H3. The Balaban J connectivity index is 1.52. The first-order valence-corrected chi connectivity index (χ1v) is 11.7. The van der Waals surface area contributed by atoms with Crippen LogP contribution in [-0.2, 0) is 22.3 Å². The normalized spacial score (nSPS) is 15.1. The number of nitrogens with one attached hydrogen (secondary N) is 1. The van der Waals surface area contributed by atoms with E-state index in [9.17, 15) is 8.42 Å². The molecule has 1 N–H and O–H groups in total. The third kappa shape index (κ3) is 4.92. The molecule has 2 aromatic heterocycles. The minimum atomic E-state index is -3.45. The van der Waals surface area contributed by atoms with E-state index >= 15 is 0 Å². The second kappa shape index (κ2) is 8.47. The summed E-state index contributed by atoms with van der Waals surface area (Å²) in [6.45, 7) is 2.13. The van der Waals surface area contributed by atoms with Crippen molar-refractivity contribution in [2.75, 3.05) is 0 Å². The van der Waals surface area contributed by atoms with Crippen molar-refractivity contribution in [3.8, 4) is 11.4 Å². The van der Waals surface area contributed by atoms with Gasteiger partial charge in [0, 0.05) is 6.20 Å². The summed E-state index contributed by atoms with van der Waals surface area (Å²) in [4.78, 5) is 4.47. The Morgan fingerprint density at radius 2 is 1.93 bits per heavy atom. The van der Waals surface area contributed by atoms with Gasteiger partial charge in [0.25, 0.3) is 0 Å². The summed E-state index contributed by atoms with van der Waals surface area (Å²) in [6.07, 6.45) is 6.36. The summed E-state index contributed by atoms with van der Waals surface area (Å²) in [5.41, 5.74) is 4.35. The van der Waals surface area contributed by atoms with Crippen LogP contribution in [0.1, 0.15) is 48.5 Å². The Morgan fingerprint density at radius 1 is 1.10 bits per heavy atom. The van der Waals surface area contributed by atoms with E-state index in [0.29, 0.717) is 11.7 Å². The van der Waals surface area contributed by atoms with Crippen LogP contribution in [0.25, 0.3) is 11.4 Å². The lowest BCUT2D eigenvalue weighted by molar-refractivity contribution is 0.466. The minimum absolute atomic E-state index is 0.0366. The number of aromatic nitrogens is 3. The van der Waals surface area contributed by atoms with Crippen LogP contribution in [0.3, 0.4) is 0 Å². The van der Waals surface area contributed by atoms with Crippen molar-refractivity contribution in [3.05, 3.63) is 71.5 Å². The lowest BCUT2D eigenvalue weighted by Gasteiger charge is -2.13. The molecule has 1 aromatic carbocycles. The summed E-state index contributed by atoms with van der Waals surface area (Å²) in [5, 5.41) is 4.74. The fraction of sp³-hybridized carbons (Fsp3) is 0.364. The SMILES string of the molecule is Cc1cccc(CS(=O)(=O)NCc2cc(-c3ccccn3)n(C3CCCC3)n2)c1. The fourth-order valence-corrected chi connectivity index (χ4v) is 5.01. The van der Waals surface area contributed by atoms with E-state index < -0.39 is 10.0 Å². The van der Waals surface area contributed by atoms with E-state index in [-0.39, 0.29) is 12.3 Å². The van der Waals surface area contributed by atoms with E-state index in [1.54, 1.807) is 6.20 Å². The minimum Gasteiger partial charge on any atom is -0.260 e. The van der Waals surface area contributed by atoms with Crippen LogP contribution < -0.4 is 4.72 Å². The molecule has 0 bridgehead atoms. The Hall–Kier alpha value is -2.51.